The van der Waals surface area contributed by atoms with Gasteiger partial charge in [0, 0.05) is 0 Å². The molecule has 2 nitrogen and oxygen atoms in total. The largest absolute Gasteiger partial charge is 0.289 e. The van der Waals surface area contributed by atoms with Gasteiger partial charge in [-0.3, -0.25) is 4.79 Å². The van der Waals surface area contributed by atoms with Crippen LogP contribution in [0.25, 0.3) is 0 Å². The van der Waals surface area contributed by atoms with E-state index in [1.165, 1.54) is 12.2 Å². The van der Waals surface area contributed by atoms with E-state index in [4.69, 9.17) is 5.26 Å². The minimum Gasteiger partial charge on any atom is -0.289 e. The topological polar surface area (TPSA) is 40.9 Å². The molecule has 0 saturated carbocycles. The second kappa shape index (κ2) is 3.62. The highest BCUT2D eigenvalue weighted by Gasteiger charge is 2.24. The Bertz CT molecular complexity index is 180. The number of rotatable bonds is 4. The zero-order valence-corrected chi connectivity index (χ0v) is 5.63. The molecular weight excluding hydrogens is 126 g/mol. The lowest BCUT2D eigenvalue weighted by Gasteiger charge is -2.08. The maximum atomic E-state index is 10.2. The molecule has 0 rings (SSSR count). The standard InChI is InChI=1S/C8H8NO/c1-3-5-8(4-2,6-9)7-10/h3-4H,1-2,5H2. The Balaban J connectivity index is 4.49. The normalized spacial score (nSPS) is 14.3. The average Bonchev–Trinajstić information content (AvgIpc) is 2.01. The highest BCUT2D eigenvalue weighted by molar-refractivity contribution is 5.68. The minimum absolute atomic E-state index is 0.274. The minimum atomic E-state index is -1.18. The van der Waals surface area contributed by atoms with Crippen LogP contribution in [0.15, 0.2) is 25.3 Å². The van der Waals surface area contributed by atoms with Crippen LogP contribution >= 0.6 is 0 Å². The lowest BCUT2D eigenvalue weighted by molar-refractivity contribution is 0.515. The van der Waals surface area contributed by atoms with Crippen LogP contribution in [0.5, 0.6) is 0 Å². The van der Waals surface area contributed by atoms with Gasteiger partial charge in [0.25, 0.3) is 0 Å². The zero-order valence-electron chi connectivity index (χ0n) is 5.63. The van der Waals surface area contributed by atoms with Crippen molar-refractivity contribution >= 4 is 6.29 Å². The van der Waals surface area contributed by atoms with E-state index in [0.717, 1.165) is 0 Å². The molecule has 0 aromatic heterocycles. The van der Waals surface area contributed by atoms with E-state index >= 15 is 0 Å². The van der Waals surface area contributed by atoms with Crippen molar-refractivity contribution in [2.45, 2.75) is 6.42 Å². The maximum absolute atomic E-state index is 10.2. The van der Waals surface area contributed by atoms with Gasteiger partial charge in [-0.2, -0.15) is 5.26 Å². The van der Waals surface area contributed by atoms with Gasteiger partial charge in [0.2, 0.25) is 6.29 Å². The first-order valence-electron chi connectivity index (χ1n) is 2.79. The number of nitriles is 1. The third kappa shape index (κ3) is 1.56. The fraction of sp³-hybridized carbons (Fsp3) is 0.250. The molecule has 1 radical (unpaired) electrons. The van der Waals surface area contributed by atoms with Crippen molar-refractivity contribution in [3.8, 4) is 6.07 Å². The fourth-order valence-corrected chi connectivity index (χ4v) is 0.508. The highest BCUT2D eigenvalue weighted by atomic mass is 16.1. The Hall–Kier alpha value is -1.36. The molecule has 0 heterocycles. The van der Waals surface area contributed by atoms with Crippen LogP contribution < -0.4 is 0 Å². The molecule has 10 heavy (non-hydrogen) atoms. The molecule has 0 aliphatic carbocycles. The molecule has 0 spiro atoms. The third-order valence-corrected chi connectivity index (χ3v) is 1.20. The second-order valence-electron chi connectivity index (χ2n) is 1.88. The van der Waals surface area contributed by atoms with Gasteiger partial charge in [-0.25, -0.2) is 0 Å². The summed E-state index contributed by atoms with van der Waals surface area (Å²) < 4.78 is 0. The monoisotopic (exact) mass is 134 g/mol. The van der Waals surface area contributed by atoms with Crippen molar-refractivity contribution in [1.29, 1.82) is 5.26 Å². The summed E-state index contributed by atoms with van der Waals surface area (Å²) in [7, 11) is 0. The molecule has 51 valence electrons. The van der Waals surface area contributed by atoms with Crippen molar-refractivity contribution in [2.75, 3.05) is 0 Å². The summed E-state index contributed by atoms with van der Waals surface area (Å²) in [5.41, 5.74) is -1.18. The van der Waals surface area contributed by atoms with Crippen LogP contribution in [0.4, 0.5) is 0 Å². The Morgan fingerprint density at radius 2 is 2.20 bits per heavy atom. The summed E-state index contributed by atoms with van der Waals surface area (Å²) in [5.74, 6) is 0. The molecule has 2 heteroatoms. The van der Waals surface area contributed by atoms with E-state index in [0.29, 0.717) is 0 Å². The molecule has 0 N–H and O–H groups in total. The van der Waals surface area contributed by atoms with E-state index < -0.39 is 5.41 Å². The van der Waals surface area contributed by atoms with Crippen molar-refractivity contribution in [3.05, 3.63) is 25.3 Å². The molecule has 0 aromatic rings. The summed E-state index contributed by atoms with van der Waals surface area (Å²) in [6.45, 7) is 6.77. The van der Waals surface area contributed by atoms with Gasteiger partial charge in [-0.15, -0.1) is 13.2 Å². The number of hydrogen-bond acceptors (Lipinski definition) is 2. The van der Waals surface area contributed by atoms with Crippen LogP contribution in [0.1, 0.15) is 6.42 Å². The van der Waals surface area contributed by atoms with Crippen molar-refractivity contribution in [2.24, 2.45) is 5.41 Å². The quantitative estimate of drug-likeness (QED) is 0.545. The van der Waals surface area contributed by atoms with Crippen molar-refractivity contribution < 1.29 is 4.79 Å². The SMILES string of the molecule is C=CCC([C]=O)(C#N)C=C. The molecule has 0 amide bonds. The zero-order chi connectivity index (χ0) is 8.04. The average molecular weight is 134 g/mol. The van der Waals surface area contributed by atoms with Crippen molar-refractivity contribution in [3.63, 3.8) is 0 Å². The van der Waals surface area contributed by atoms with E-state index in [2.05, 4.69) is 13.2 Å². The molecule has 0 bridgehead atoms. The highest BCUT2D eigenvalue weighted by Crippen LogP contribution is 2.18. The lowest BCUT2D eigenvalue weighted by Crippen LogP contribution is -2.15. The number of carbonyl (C=O) groups excluding carboxylic acids is 1. The number of nitrogens with zero attached hydrogens (tertiary/aromatic N) is 1. The van der Waals surface area contributed by atoms with Crippen LogP contribution in [0.3, 0.4) is 0 Å². The smallest absolute Gasteiger partial charge is 0.224 e. The summed E-state index contributed by atoms with van der Waals surface area (Å²) >= 11 is 0. The van der Waals surface area contributed by atoms with Crippen LogP contribution in [0.2, 0.25) is 0 Å². The fourth-order valence-electron chi connectivity index (χ4n) is 0.508. The molecular formula is C8H8NO. The molecule has 1 atom stereocenters. The predicted molar refractivity (Wildman–Crippen MR) is 38.8 cm³/mol. The first-order valence-corrected chi connectivity index (χ1v) is 2.79. The Morgan fingerprint density at radius 1 is 1.60 bits per heavy atom. The van der Waals surface area contributed by atoms with Crippen LogP contribution in [-0.4, -0.2) is 6.29 Å². The predicted octanol–water partition coefficient (Wildman–Crippen LogP) is 1.37. The first-order chi connectivity index (χ1) is 4.74. The van der Waals surface area contributed by atoms with Crippen LogP contribution in [-0.2, 0) is 4.79 Å². The molecule has 0 fully saturated rings. The first kappa shape index (κ1) is 8.64. The summed E-state index contributed by atoms with van der Waals surface area (Å²) in [5, 5.41) is 8.48. The summed E-state index contributed by atoms with van der Waals surface area (Å²) in [6.07, 6.45) is 4.66. The third-order valence-electron chi connectivity index (χ3n) is 1.20. The lowest BCUT2D eigenvalue weighted by atomic mass is 9.88. The summed E-state index contributed by atoms with van der Waals surface area (Å²) in [6, 6.07) is 1.80. The maximum Gasteiger partial charge on any atom is 0.224 e. The second-order valence-corrected chi connectivity index (χ2v) is 1.88. The van der Waals surface area contributed by atoms with Gasteiger partial charge >= 0.3 is 0 Å². The van der Waals surface area contributed by atoms with Crippen molar-refractivity contribution in [1.82, 2.24) is 0 Å². The van der Waals surface area contributed by atoms with Gasteiger partial charge in [0.1, 0.15) is 5.41 Å². The van der Waals surface area contributed by atoms with E-state index in [1.807, 2.05) is 0 Å². The van der Waals surface area contributed by atoms with Gasteiger partial charge in [0.15, 0.2) is 0 Å². The number of allylic oxidation sites excluding steroid dienone is 2. The van der Waals surface area contributed by atoms with Crippen LogP contribution in [0, 0.1) is 16.7 Å². The Labute approximate surface area is 60.5 Å². The molecule has 0 aromatic carbocycles. The van der Waals surface area contributed by atoms with Gasteiger partial charge in [-0.1, -0.05) is 12.2 Å². The van der Waals surface area contributed by atoms with E-state index in [1.54, 1.807) is 12.4 Å². The van der Waals surface area contributed by atoms with Gasteiger partial charge < -0.3 is 0 Å². The molecule has 1 unspecified atom stereocenters. The van der Waals surface area contributed by atoms with Gasteiger partial charge in [0.05, 0.1) is 6.07 Å². The summed E-state index contributed by atoms with van der Waals surface area (Å²) in [4.78, 5) is 10.2. The molecule has 0 aliphatic heterocycles. The Kier molecular flexibility index (Phi) is 3.13. The van der Waals surface area contributed by atoms with Gasteiger partial charge in [-0.05, 0) is 6.42 Å². The van der Waals surface area contributed by atoms with E-state index in [9.17, 15) is 4.79 Å². The van der Waals surface area contributed by atoms with E-state index in [-0.39, 0.29) is 6.42 Å². The Morgan fingerprint density at radius 3 is 2.30 bits per heavy atom. The number of hydrogen-bond donors (Lipinski definition) is 0. The molecule has 0 saturated heterocycles. The molecule has 0 aliphatic rings.